The minimum absolute atomic E-state index is 0.537. The maximum atomic E-state index is 3.55. The molecule has 0 aromatic heterocycles. The third-order valence-electron chi connectivity index (χ3n) is 4.11. The molecule has 1 aliphatic carbocycles. The number of hydrogen-bond donors (Lipinski definition) is 1. The van der Waals surface area contributed by atoms with Crippen molar-refractivity contribution in [3.05, 3.63) is 29.8 Å². The molecule has 2 heteroatoms. The molecule has 0 bridgehead atoms. The Hall–Kier alpha value is -1.02. The maximum absolute atomic E-state index is 3.55. The van der Waals surface area contributed by atoms with Crippen LogP contribution in [-0.4, -0.2) is 18.6 Å². The van der Waals surface area contributed by atoms with Crippen LogP contribution < -0.4 is 10.2 Å². The molecule has 1 aliphatic rings. The predicted molar refractivity (Wildman–Crippen MR) is 83.7 cm³/mol. The summed E-state index contributed by atoms with van der Waals surface area (Å²) in [4.78, 5) is 2.62. The number of benzene rings is 1. The van der Waals surface area contributed by atoms with E-state index in [4.69, 9.17) is 0 Å². The van der Waals surface area contributed by atoms with Gasteiger partial charge < -0.3 is 10.2 Å². The van der Waals surface area contributed by atoms with Gasteiger partial charge in [0.25, 0.3) is 0 Å². The van der Waals surface area contributed by atoms with Gasteiger partial charge in [-0.2, -0.15) is 0 Å². The lowest BCUT2D eigenvalue weighted by Crippen LogP contribution is -2.34. The Morgan fingerprint density at radius 2 is 1.89 bits per heavy atom. The first kappa shape index (κ1) is 14.4. The first-order valence-electron chi connectivity index (χ1n) is 7.80. The summed E-state index contributed by atoms with van der Waals surface area (Å²) in [6, 6.07) is 10.2. The normalized spacial score (nSPS) is 16.2. The summed E-state index contributed by atoms with van der Waals surface area (Å²) in [6.07, 6.45) is 5.51. The van der Waals surface area contributed by atoms with E-state index < -0.39 is 0 Å². The van der Waals surface area contributed by atoms with Crippen molar-refractivity contribution < 1.29 is 0 Å². The highest BCUT2D eigenvalue weighted by Gasteiger charge is 2.22. The van der Waals surface area contributed by atoms with Crippen LogP contribution in [0.4, 0.5) is 5.69 Å². The van der Waals surface area contributed by atoms with E-state index in [-0.39, 0.29) is 0 Å². The summed E-state index contributed by atoms with van der Waals surface area (Å²) in [5.41, 5.74) is 2.87. The fourth-order valence-electron chi connectivity index (χ4n) is 3.10. The third-order valence-corrected chi connectivity index (χ3v) is 4.11. The summed E-state index contributed by atoms with van der Waals surface area (Å²) >= 11 is 0. The van der Waals surface area contributed by atoms with E-state index in [0.717, 1.165) is 19.1 Å². The topological polar surface area (TPSA) is 15.3 Å². The number of nitrogens with one attached hydrogen (secondary N) is 1. The molecule has 0 unspecified atom stereocenters. The van der Waals surface area contributed by atoms with Crippen LogP contribution in [0, 0.1) is 0 Å². The SMILES string of the molecule is CCN(c1ccccc1CNC(C)C)C1CCCC1. The molecule has 1 aromatic rings. The highest BCUT2D eigenvalue weighted by atomic mass is 15.2. The Balaban J connectivity index is 2.16. The molecule has 1 aromatic carbocycles. The van der Waals surface area contributed by atoms with Gasteiger partial charge in [-0.15, -0.1) is 0 Å². The molecule has 2 nitrogen and oxygen atoms in total. The second-order valence-electron chi connectivity index (χ2n) is 5.89. The zero-order chi connectivity index (χ0) is 13.7. The molecule has 0 heterocycles. The van der Waals surface area contributed by atoms with Crippen LogP contribution in [0.2, 0.25) is 0 Å². The molecule has 1 N–H and O–H groups in total. The average molecular weight is 260 g/mol. The standard InChI is InChI=1S/C17H28N2/c1-4-19(16-10-6-7-11-16)17-12-8-5-9-15(17)13-18-14(2)3/h5,8-9,12,14,16,18H,4,6-7,10-11,13H2,1-3H3. The fraction of sp³-hybridized carbons (Fsp3) is 0.647. The largest absolute Gasteiger partial charge is 0.369 e. The van der Waals surface area contributed by atoms with Crippen LogP contribution in [0.15, 0.2) is 24.3 Å². The van der Waals surface area contributed by atoms with Crippen molar-refractivity contribution in [1.82, 2.24) is 5.32 Å². The lowest BCUT2D eigenvalue weighted by Gasteiger charge is -2.32. The Morgan fingerprint density at radius 3 is 2.53 bits per heavy atom. The van der Waals surface area contributed by atoms with Gasteiger partial charge >= 0.3 is 0 Å². The van der Waals surface area contributed by atoms with Crippen LogP contribution in [0.25, 0.3) is 0 Å². The van der Waals surface area contributed by atoms with Gasteiger partial charge in [-0.1, -0.05) is 44.9 Å². The van der Waals surface area contributed by atoms with Crippen molar-refractivity contribution in [1.29, 1.82) is 0 Å². The number of hydrogen-bond acceptors (Lipinski definition) is 2. The smallest absolute Gasteiger partial charge is 0.0414 e. The first-order valence-corrected chi connectivity index (χ1v) is 7.80. The quantitative estimate of drug-likeness (QED) is 0.833. The van der Waals surface area contributed by atoms with Crippen molar-refractivity contribution >= 4 is 5.69 Å². The summed E-state index contributed by atoms with van der Waals surface area (Å²) in [7, 11) is 0. The Kier molecular flexibility index (Phi) is 5.26. The van der Waals surface area contributed by atoms with Gasteiger partial charge in [-0.3, -0.25) is 0 Å². The third kappa shape index (κ3) is 3.73. The molecule has 106 valence electrons. The lowest BCUT2D eigenvalue weighted by atomic mass is 10.1. The molecule has 0 aliphatic heterocycles. The molecule has 0 amide bonds. The molecule has 19 heavy (non-hydrogen) atoms. The van der Waals surface area contributed by atoms with Crippen molar-refractivity contribution in [2.24, 2.45) is 0 Å². The van der Waals surface area contributed by atoms with Crippen LogP contribution >= 0.6 is 0 Å². The van der Waals surface area contributed by atoms with Gasteiger partial charge in [0, 0.05) is 30.9 Å². The number of para-hydroxylation sites is 1. The van der Waals surface area contributed by atoms with E-state index >= 15 is 0 Å². The molecular weight excluding hydrogens is 232 g/mol. The Morgan fingerprint density at radius 1 is 1.21 bits per heavy atom. The van der Waals surface area contributed by atoms with Gasteiger partial charge in [0.2, 0.25) is 0 Å². The molecule has 0 saturated heterocycles. The summed E-state index contributed by atoms with van der Waals surface area (Å²) in [6.45, 7) is 8.78. The molecular formula is C17H28N2. The highest BCUT2D eigenvalue weighted by molar-refractivity contribution is 5.54. The van der Waals surface area contributed by atoms with Gasteiger partial charge in [0.15, 0.2) is 0 Å². The van der Waals surface area contributed by atoms with E-state index in [0.29, 0.717) is 6.04 Å². The summed E-state index contributed by atoms with van der Waals surface area (Å²) in [5, 5.41) is 3.55. The number of nitrogens with zero attached hydrogens (tertiary/aromatic N) is 1. The fourth-order valence-corrected chi connectivity index (χ4v) is 3.10. The maximum Gasteiger partial charge on any atom is 0.0414 e. The van der Waals surface area contributed by atoms with Crippen LogP contribution in [0.5, 0.6) is 0 Å². The van der Waals surface area contributed by atoms with Crippen LogP contribution in [0.3, 0.4) is 0 Å². The van der Waals surface area contributed by atoms with E-state index in [1.165, 1.54) is 36.9 Å². The average Bonchev–Trinajstić information content (AvgIpc) is 2.92. The van der Waals surface area contributed by atoms with Crippen molar-refractivity contribution in [3.63, 3.8) is 0 Å². The lowest BCUT2D eigenvalue weighted by molar-refractivity contribution is 0.580. The second kappa shape index (κ2) is 6.95. The summed E-state index contributed by atoms with van der Waals surface area (Å²) in [5.74, 6) is 0. The minimum atomic E-state index is 0.537. The van der Waals surface area contributed by atoms with Gasteiger partial charge in [-0.25, -0.2) is 0 Å². The van der Waals surface area contributed by atoms with Gasteiger partial charge in [-0.05, 0) is 31.4 Å². The molecule has 0 atom stereocenters. The molecule has 1 saturated carbocycles. The highest BCUT2D eigenvalue weighted by Crippen LogP contribution is 2.30. The van der Waals surface area contributed by atoms with Crippen molar-refractivity contribution in [2.45, 2.75) is 65.1 Å². The number of anilines is 1. The van der Waals surface area contributed by atoms with Crippen molar-refractivity contribution in [3.8, 4) is 0 Å². The van der Waals surface area contributed by atoms with E-state index in [9.17, 15) is 0 Å². The Bertz CT molecular complexity index is 381. The van der Waals surface area contributed by atoms with Crippen LogP contribution in [0.1, 0.15) is 52.0 Å². The minimum Gasteiger partial charge on any atom is -0.369 e. The molecule has 1 fully saturated rings. The summed E-state index contributed by atoms with van der Waals surface area (Å²) < 4.78 is 0. The molecule has 0 radical (unpaired) electrons. The van der Waals surface area contributed by atoms with Gasteiger partial charge in [0.1, 0.15) is 0 Å². The van der Waals surface area contributed by atoms with Crippen LogP contribution in [-0.2, 0) is 6.54 Å². The van der Waals surface area contributed by atoms with Crippen molar-refractivity contribution in [2.75, 3.05) is 11.4 Å². The zero-order valence-corrected chi connectivity index (χ0v) is 12.7. The zero-order valence-electron chi connectivity index (χ0n) is 12.7. The molecule has 0 spiro atoms. The van der Waals surface area contributed by atoms with E-state index in [2.05, 4.69) is 55.3 Å². The first-order chi connectivity index (χ1) is 9.22. The predicted octanol–water partition coefficient (Wildman–Crippen LogP) is 3.95. The van der Waals surface area contributed by atoms with E-state index in [1.54, 1.807) is 0 Å². The second-order valence-corrected chi connectivity index (χ2v) is 5.89. The van der Waals surface area contributed by atoms with E-state index in [1.807, 2.05) is 0 Å². The van der Waals surface area contributed by atoms with Gasteiger partial charge in [0.05, 0.1) is 0 Å². The number of rotatable bonds is 6. The Labute approximate surface area is 118 Å². The monoisotopic (exact) mass is 260 g/mol. The molecule has 2 rings (SSSR count).